The molecule has 2 amide bonds. The molecule has 8 heteroatoms. The summed E-state index contributed by atoms with van der Waals surface area (Å²) in [7, 11) is 0. The second-order valence-electron chi connectivity index (χ2n) is 7.82. The lowest BCUT2D eigenvalue weighted by Crippen LogP contribution is -2.22. The van der Waals surface area contributed by atoms with Gasteiger partial charge in [0.15, 0.2) is 0 Å². The van der Waals surface area contributed by atoms with E-state index in [1.807, 2.05) is 0 Å². The summed E-state index contributed by atoms with van der Waals surface area (Å²) in [5.74, 6) is -1.44. The number of carbonyl (C=O) groups excluding carboxylic acids is 3. The number of nitrogens with zero attached hydrogens (tertiary/aromatic N) is 1. The number of benzene rings is 1. The second-order valence-corrected chi connectivity index (χ2v) is 7.82. The maximum Gasteiger partial charge on any atom is 0.340 e. The van der Waals surface area contributed by atoms with Crippen LogP contribution in [0.2, 0.25) is 0 Å². The first-order valence-electron chi connectivity index (χ1n) is 10.1. The van der Waals surface area contributed by atoms with E-state index in [1.165, 1.54) is 0 Å². The van der Waals surface area contributed by atoms with Gasteiger partial charge in [0.25, 0.3) is 5.91 Å². The van der Waals surface area contributed by atoms with E-state index in [2.05, 4.69) is 15.2 Å². The number of aromatic amines is 1. The summed E-state index contributed by atoms with van der Waals surface area (Å²) in [6.45, 7) is 8.73. The molecule has 0 saturated carbocycles. The Morgan fingerprint density at radius 3 is 2.43 bits per heavy atom. The van der Waals surface area contributed by atoms with Crippen molar-refractivity contribution in [2.24, 2.45) is 5.73 Å². The van der Waals surface area contributed by atoms with Gasteiger partial charge in [-0.3, -0.25) is 9.59 Å². The number of amides is 2. The fourth-order valence-corrected chi connectivity index (χ4v) is 3.76. The smallest absolute Gasteiger partial charge is 0.340 e. The third kappa shape index (κ3) is 4.32. The maximum atomic E-state index is 13.1. The number of hydrogen-bond donors (Lipinski definition) is 3. The highest BCUT2D eigenvalue weighted by Crippen LogP contribution is 2.31. The zero-order valence-electron chi connectivity index (χ0n) is 17.8. The minimum absolute atomic E-state index is 0.261. The number of anilines is 2. The topological polar surface area (TPSA) is 118 Å². The third-order valence-corrected chi connectivity index (χ3v) is 5.19. The van der Waals surface area contributed by atoms with Gasteiger partial charge in [0.1, 0.15) is 5.69 Å². The fraction of sp³-hybridized carbons (Fsp3) is 0.409. The zero-order valence-corrected chi connectivity index (χ0v) is 17.8. The summed E-state index contributed by atoms with van der Waals surface area (Å²) < 4.78 is 5.29. The Bertz CT molecular complexity index is 987. The first kappa shape index (κ1) is 21.4. The molecule has 1 aromatic carbocycles. The average molecular weight is 412 g/mol. The average Bonchev–Trinajstić information content (AvgIpc) is 3.29. The summed E-state index contributed by atoms with van der Waals surface area (Å²) in [6, 6.07) is 5.06. The van der Waals surface area contributed by atoms with Crippen LogP contribution in [0.1, 0.15) is 69.2 Å². The van der Waals surface area contributed by atoms with Gasteiger partial charge in [0.2, 0.25) is 5.91 Å². The molecule has 4 N–H and O–H groups in total. The Labute approximate surface area is 175 Å². The number of nitrogens with one attached hydrogen (secondary N) is 2. The van der Waals surface area contributed by atoms with E-state index in [0.717, 1.165) is 31.6 Å². The molecule has 1 fully saturated rings. The van der Waals surface area contributed by atoms with Gasteiger partial charge in [-0.25, -0.2) is 4.79 Å². The van der Waals surface area contributed by atoms with Crippen molar-refractivity contribution >= 4 is 29.2 Å². The Kier molecular flexibility index (Phi) is 6.14. The van der Waals surface area contributed by atoms with Gasteiger partial charge in [-0.15, -0.1) is 0 Å². The van der Waals surface area contributed by atoms with Crippen molar-refractivity contribution in [3.63, 3.8) is 0 Å². The predicted octanol–water partition coefficient (Wildman–Crippen LogP) is 3.15. The largest absolute Gasteiger partial charge is 0.459 e. The number of aryl methyl sites for hydroxylation is 1. The predicted molar refractivity (Wildman–Crippen MR) is 115 cm³/mol. The van der Waals surface area contributed by atoms with Crippen molar-refractivity contribution in [1.29, 1.82) is 0 Å². The van der Waals surface area contributed by atoms with E-state index in [-0.39, 0.29) is 11.8 Å². The summed E-state index contributed by atoms with van der Waals surface area (Å²) in [6.07, 6.45) is 1.88. The van der Waals surface area contributed by atoms with Gasteiger partial charge in [0, 0.05) is 24.3 Å². The zero-order chi connectivity index (χ0) is 22.0. The van der Waals surface area contributed by atoms with Crippen molar-refractivity contribution < 1.29 is 19.1 Å². The molecule has 0 unspecified atom stereocenters. The number of aromatic nitrogens is 1. The number of primary amides is 1. The van der Waals surface area contributed by atoms with Crippen LogP contribution in [-0.2, 0) is 4.74 Å². The number of esters is 1. The molecule has 160 valence electrons. The third-order valence-electron chi connectivity index (χ3n) is 5.19. The van der Waals surface area contributed by atoms with Gasteiger partial charge in [-0.2, -0.15) is 0 Å². The van der Waals surface area contributed by atoms with E-state index in [1.54, 1.807) is 45.9 Å². The van der Waals surface area contributed by atoms with Gasteiger partial charge < -0.3 is 25.7 Å². The molecule has 2 heterocycles. The van der Waals surface area contributed by atoms with E-state index in [9.17, 15) is 14.4 Å². The van der Waals surface area contributed by atoms with E-state index < -0.39 is 17.8 Å². The van der Waals surface area contributed by atoms with Crippen LogP contribution in [0.4, 0.5) is 11.4 Å². The highest BCUT2D eigenvalue weighted by atomic mass is 16.5. The molecule has 1 saturated heterocycles. The van der Waals surface area contributed by atoms with Crippen LogP contribution in [0, 0.1) is 13.8 Å². The SMILES string of the molecule is Cc1[nH]c(C(=O)Nc2cc(C(N)=O)ccc2N2CCCC2)c(C)c1C(=O)OC(C)C. The van der Waals surface area contributed by atoms with E-state index in [4.69, 9.17) is 10.5 Å². The molecular formula is C22H28N4O4. The number of nitrogens with two attached hydrogens (primary N) is 1. The maximum absolute atomic E-state index is 13.1. The van der Waals surface area contributed by atoms with Crippen LogP contribution in [0.25, 0.3) is 0 Å². The Morgan fingerprint density at radius 2 is 1.83 bits per heavy atom. The molecule has 3 rings (SSSR count). The Hall–Kier alpha value is -3.29. The lowest BCUT2D eigenvalue weighted by Gasteiger charge is -2.22. The number of rotatable bonds is 6. The minimum atomic E-state index is -0.566. The molecule has 1 aliphatic rings. The molecule has 0 aliphatic carbocycles. The van der Waals surface area contributed by atoms with Crippen LogP contribution < -0.4 is 16.0 Å². The van der Waals surface area contributed by atoms with Crippen molar-refractivity contribution in [3.05, 3.63) is 46.3 Å². The van der Waals surface area contributed by atoms with Crippen molar-refractivity contribution in [2.75, 3.05) is 23.3 Å². The van der Waals surface area contributed by atoms with E-state index in [0.29, 0.717) is 28.1 Å². The second kappa shape index (κ2) is 8.61. The number of ether oxygens (including phenoxy) is 1. The molecule has 0 radical (unpaired) electrons. The lowest BCUT2D eigenvalue weighted by atomic mass is 10.1. The Morgan fingerprint density at radius 1 is 1.17 bits per heavy atom. The van der Waals surface area contributed by atoms with Gasteiger partial charge >= 0.3 is 5.97 Å². The molecule has 0 atom stereocenters. The van der Waals surface area contributed by atoms with Crippen LogP contribution in [0.3, 0.4) is 0 Å². The standard InChI is InChI=1S/C22H28N4O4/c1-12(2)30-22(29)18-13(3)19(24-14(18)4)21(28)25-16-11-15(20(23)27)7-8-17(16)26-9-5-6-10-26/h7-8,11-12,24H,5-6,9-10H2,1-4H3,(H2,23,27)(H,25,28). The van der Waals surface area contributed by atoms with Gasteiger partial charge in [-0.1, -0.05) is 0 Å². The van der Waals surface area contributed by atoms with Crippen LogP contribution in [0.5, 0.6) is 0 Å². The number of H-pyrrole nitrogens is 1. The summed E-state index contributed by atoms with van der Waals surface area (Å²) in [5.41, 5.74) is 8.81. The molecule has 1 aliphatic heterocycles. The molecule has 0 spiro atoms. The first-order valence-corrected chi connectivity index (χ1v) is 10.1. The number of carbonyl (C=O) groups is 3. The van der Waals surface area contributed by atoms with Crippen molar-refractivity contribution in [1.82, 2.24) is 4.98 Å². The van der Waals surface area contributed by atoms with Crippen molar-refractivity contribution in [2.45, 2.75) is 46.6 Å². The molecule has 2 aromatic rings. The summed E-state index contributed by atoms with van der Waals surface area (Å²) in [4.78, 5) is 42.3. The Balaban J connectivity index is 1.93. The summed E-state index contributed by atoms with van der Waals surface area (Å²) in [5, 5.41) is 2.89. The van der Waals surface area contributed by atoms with Crippen molar-refractivity contribution in [3.8, 4) is 0 Å². The van der Waals surface area contributed by atoms with Crippen LogP contribution in [0.15, 0.2) is 18.2 Å². The van der Waals surface area contributed by atoms with Gasteiger partial charge in [-0.05, 0) is 64.3 Å². The minimum Gasteiger partial charge on any atom is -0.459 e. The molecule has 0 bridgehead atoms. The number of hydrogen-bond acceptors (Lipinski definition) is 5. The molecular weight excluding hydrogens is 384 g/mol. The monoisotopic (exact) mass is 412 g/mol. The highest BCUT2D eigenvalue weighted by Gasteiger charge is 2.25. The molecule has 1 aromatic heterocycles. The van der Waals surface area contributed by atoms with Crippen LogP contribution in [-0.4, -0.2) is 42.0 Å². The quantitative estimate of drug-likeness (QED) is 0.630. The first-order chi connectivity index (χ1) is 14.2. The van der Waals surface area contributed by atoms with Gasteiger partial charge in [0.05, 0.1) is 23.0 Å². The normalized spacial score (nSPS) is 13.6. The van der Waals surface area contributed by atoms with Crippen LogP contribution >= 0.6 is 0 Å². The highest BCUT2D eigenvalue weighted by molar-refractivity contribution is 6.09. The molecule has 30 heavy (non-hydrogen) atoms. The van der Waals surface area contributed by atoms with E-state index >= 15 is 0 Å². The molecule has 8 nitrogen and oxygen atoms in total. The lowest BCUT2D eigenvalue weighted by molar-refractivity contribution is 0.0376. The fourth-order valence-electron chi connectivity index (χ4n) is 3.76. The summed E-state index contributed by atoms with van der Waals surface area (Å²) >= 11 is 0.